The molecule has 1 saturated heterocycles. The maximum atomic E-state index is 12.5. The first-order valence-corrected chi connectivity index (χ1v) is 9.92. The Balaban J connectivity index is 1.54. The molecule has 0 radical (unpaired) electrons. The van der Waals surface area contributed by atoms with Crippen molar-refractivity contribution in [1.82, 2.24) is 10.3 Å². The molecule has 0 unspecified atom stereocenters. The van der Waals surface area contributed by atoms with Gasteiger partial charge in [-0.25, -0.2) is 4.98 Å². The van der Waals surface area contributed by atoms with Gasteiger partial charge in [0.15, 0.2) is 11.5 Å². The van der Waals surface area contributed by atoms with Gasteiger partial charge in [-0.1, -0.05) is 12.1 Å². The summed E-state index contributed by atoms with van der Waals surface area (Å²) in [5.74, 6) is 0.846. The first-order chi connectivity index (χ1) is 14.5. The van der Waals surface area contributed by atoms with Gasteiger partial charge in [0.05, 0.1) is 6.61 Å². The fourth-order valence-electron chi connectivity index (χ4n) is 3.16. The minimum Gasteiger partial charge on any atom is -0.490 e. The molecule has 30 heavy (non-hydrogen) atoms. The summed E-state index contributed by atoms with van der Waals surface area (Å²) >= 11 is 0. The van der Waals surface area contributed by atoms with Crippen LogP contribution in [0.5, 0.6) is 11.5 Å². The van der Waals surface area contributed by atoms with Crippen molar-refractivity contribution in [3.05, 3.63) is 53.7 Å². The summed E-state index contributed by atoms with van der Waals surface area (Å²) in [6.07, 6.45) is 7.12. The van der Waals surface area contributed by atoms with Gasteiger partial charge in [0, 0.05) is 31.9 Å². The van der Waals surface area contributed by atoms with E-state index in [0.29, 0.717) is 18.7 Å². The molecule has 1 N–H and O–H groups in total. The van der Waals surface area contributed by atoms with Crippen molar-refractivity contribution in [2.75, 3.05) is 24.6 Å². The first-order valence-electron chi connectivity index (χ1n) is 9.92. The number of nitrogens with one attached hydrogen (secondary N) is 1. The Kier molecular flexibility index (Phi) is 7.59. The van der Waals surface area contributed by atoms with Crippen LogP contribution in [0.1, 0.15) is 30.9 Å². The molecule has 0 bridgehead atoms. The summed E-state index contributed by atoms with van der Waals surface area (Å²) in [6, 6.07) is 8.45. The number of hydrogen-bond acceptors (Lipinski definition) is 5. The Morgan fingerprint density at radius 1 is 1.23 bits per heavy atom. The summed E-state index contributed by atoms with van der Waals surface area (Å²) in [5, 5.41) is 2.80. The van der Waals surface area contributed by atoms with Crippen LogP contribution >= 0.6 is 0 Å². The Morgan fingerprint density at radius 2 is 2.03 bits per heavy atom. The maximum absolute atomic E-state index is 12.5. The van der Waals surface area contributed by atoms with E-state index in [1.165, 1.54) is 25.0 Å². The highest BCUT2D eigenvalue weighted by Crippen LogP contribution is 2.30. The lowest BCUT2D eigenvalue weighted by atomic mass is 10.2. The average Bonchev–Trinajstić information content (AvgIpc) is 3.27. The minimum absolute atomic E-state index is 0.0432. The Morgan fingerprint density at radius 3 is 2.70 bits per heavy atom. The molecule has 6 nitrogen and oxygen atoms in total. The molecule has 160 valence electrons. The molecule has 1 amide bonds. The highest BCUT2D eigenvalue weighted by Gasteiger charge is 2.13. The van der Waals surface area contributed by atoms with E-state index in [0.717, 1.165) is 24.5 Å². The third kappa shape index (κ3) is 6.17. The molecule has 0 atom stereocenters. The molecule has 3 rings (SSSR count). The van der Waals surface area contributed by atoms with E-state index in [2.05, 4.69) is 19.9 Å². The van der Waals surface area contributed by atoms with Crippen LogP contribution in [-0.4, -0.2) is 37.2 Å². The highest BCUT2D eigenvalue weighted by molar-refractivity contribution is 5.91. The molecule has 1 fully saturated rings. The largest absolute Gasteiger partial charge is 0.490 e. The molecule has 1 aliphatic heterocycles. The van der Waals surface area contributed by atoms with Crippen LogP contribution in [0, 0.1) is 0 Å². The summed E-state index contributed by atoms with van der Waals surface area (Å²) in [7, 11) is 0. The molecule has 1 aromatic carbocycles. The smallest absolute Gasteiger partial charge is 0.387 e. The SMILES string of the molecule is CCOc1cc(/C=C/C(=O)NCc2ccc(N3CCCC3)nc2)ccc1OC(F)F. The number of benzene rings is 1. The van der Waals surface area contributed by atoms with Crippen molar-refractivity contribution >= 4 is 17.8 Å². The number of amides is 1. The molecule has 0 aliphatic carbocycles. The fourth-order valence-corrected chi connectivity index (χ4v) is 3.16. The van der Waals surface area contributed by atoms with Gasteiger partial charge in [0.25, 0.3) is 0 Å². The van der Waals surface area contributed by atoms with Crippen LogP contribution in [0.25, 0.3) is 6.08 Å². The number of anilines is 1. The molecule has 1 aromatic heterocycles. The Hall–Kier alpha value is -3.16. The van der Waals surface area contributed by atoms with Gasteiger partial charge in [-0.05, 0) is 55.2 Å². The number of pyridine rings is 1. The lowest BCUT2D eigenvalue weighted by Crippen LogP contribution is -2.21. The standard InChI is InChI=1S/C22H25F2N3O3/c1-2-29-19-13-16(5-8-18(19)30-22(23)24)7-10-21(28)26-15-17-6-9-20(25-14-17)27-11-3-4-12-27/h5-10,13-14,22H,2-4,11-12,15H2,1H3,(H,26,28)/b10-7+. The van der Waals surface area contributed by atoms with Crippen molar-refractivity contribution in [2.45, 2.75) is 32.9 Å². The number of alkyl halides is 2. The van der Waals surface area contributed by atoms with Gasteiger partial charge < -0.3 is 19.7 Å². The second-order valence-electron chi connectivity index (χ2n) is 6.79. The van der Waals surface area contributed by atoms with Crippen molar-refractivity contribution in [2.24, 2.45) is 0 Å². The van der Waals surface area contributed by atoms with E-state index in [1.54, 1.807) is 31.3 Å². The number of halogens is 2. The number of nitrogens with zero attached hydrogens (tertiary/aromatic N) is 2. The summed E-state index contributed by atoms with van der Waals surface area (Å²) < 4.78 is 34.7. The van der Waals surface area contributed by atoms with Crippen LogP contribution in [0.15, 0.2) is 42.6 Å². The van der Waals surface area contributed by atoms with Crippen LogP contribution in [0.2, 0.25) is 0 Å². The number of aromatic nitrogens is 1. The van der Waals surface area contributed by atoms with Gasteiger partial charge in [-0.3, -0.25) is 4.79 Å². The molecule has 2 heterocycles. The topological polar surface area (TPSA) is 63.7 Å². The van der Waals surface area contributed by atoms with E-state index < -0.39 is 6.61 Å². The normalized spacial score (nSPS) is 13.8. The van der Waals surface area contributed by atoms with Crippen LogP contribution in [0.3, 0.4) is 0 Å². The predicted molar refractivity (Wildman–Crippen MR) is 111 cm³/mol. The van der Waals surface area contributed by atoms with Crippen molar-refractivity contribution in [3.63, 3.8) is 0 Å². The number of carbonyl (C=O) groups excluding carboxylic acids is 1. The lowest BCUT2D eigenvalue weighted by molar-refractivity contribution is -0.116. The second kappa shape index (κ2) is 10.6. The zero-order valence-corrected chi connectivity index (χ0v) is 16.8. The number of hydrogen-bond donors (Lipinski definition) is 1. The monoisotopic (exact) mass is 417 g/mol. The average molecular weight is 417 g/mol. The summed E-state index contributed by atoms with van der Waals surface area (Å²) in [4.78, 5) is 18.8. The van der Waals surface area contributed by atoms with Crippen molar-refractivity contribution in [1.29, 1.82) is 0 Å². The highest BCUT2D eigenvalue weighted by atomic mass is 19.3. The Labute approximate surface area is 174 Å². The summed E-state index contributed by atoms with van der Waals surface area (Å²) in [6.45, 7) is 1.55. The predicted octanol–water partition coefficient (Wildman–Crippen LogP) is 4.01. The molecular formula is C22H25F2N3O3. The fraction of sp³-hybridized carbons (Fsp3) is 0.364. The molecule has 8 heteroatoms. The zero-order chi connectivity index (χ0) is 21.3. The number of ether oxygens (including phenoxy) is 2. The van der Waals surface area contributed by atoms with Gasteiger partial charge in [0.1, 0.15) is 5.82 Å². The zero-order valence-electron chi connectivity index (χ0n) is 16.8. The molecule has 0 saturated carbocycles. The third-order valence-corrected chi connectivity index (χ3v) is 4.62. The molecular weight excluding hydrogens is 392 g/mol. The minimum atomic E-state index is -2.93. The van der Waals surface area contributed by atoms with Gasteiger partial charge in [-0.2, -0.15) is 8.78 Å². The molecule has 1 aliphatic rings. The number of rotatable bonds is 9. The van der Waals surface area contributed by atoms with Crippen LogP contribution in [0.4, 0.5) is 14.6 Å². The van der Waals surface area contributed by atoms with Gasteiger partial charge >= 0.3 is 6.61 Å². The van der Waals surface area contributed by atoms with Gasteiger partial charge in [0.2, 0.25) is 5.91 Å². The lowest BCUT2D eigenvalue weighted by Gasteiger charge is -2.16. The Bertz CT molecular complexity index is 866. The van der Waals surface area contributed by atoms with E-state index in [-0.39, 0.29) is 17.4 Å². The van der Waals surface area contributed by atoms with E-state index in [1.807, 2.05) is 12.1 Å². The van der Waals surface area contributed by atoms with E-state index in [4.69, 9.17) is 4.74 Å². The van der Waals surface area contributed by atoms with E-state index >= 15 is 0 Å². The molecule has 2 aromatic rings. The van der Waals surface area contributed by atoms with Crippen molar-refractivity contribution in [3.8, 4) is 11.5 Å². The summed E-state index contributed by atoms with van der Waals surface area (Å²) in [5.41, 5.74) is 1.54. The third-order valence-electron chi connectivity index (χ3n) is 4.62. The second-order valence-corrected chi connectivity index (χ2v) is 6.79. The van der Waals surface area contributed by atoms with Crippen LogP contribution in [-0.2, 0) is 11.3 Å². The molecule has 0 spiro atoms. The van der Waals surface area contributed by atoms with Crippen molar-refractivity contribution < 1.29 is 23.0 Å². The quantitative estimate of drug-likeness (QED) is 0.625. The maximum Gasteiger partial charge on any atom is 0.387 e. The van der Waals surface area contributed by atoms with Crippen LogP contribution < -0.4 is 19.7 Å². The number of carbonyl (C=O) groups is 1. The van der Waals surface area contributed by atoms with E-state index in [9.17, 15) is 13.6 Å². The first kappa shape index (κ1) is 21.5. The van der Waals surface area contributed by atoms with Gasteiger partial charge in [-0.15, -0.1) is 0 Å².